The number of hydrogen-bond donors (Lipinski definition) is 2. The molecule has 0 radical (unpaired) electrons. The number of oxime groups is 1. The number of amides is 1. The Morgan fingerprint density at radius 2 is 1.59 bits per heavy atom. The highest BCUT2D eigenvalue weighted by molar-refractivity contribution is 6.03. The van der Waals surface area contributed by atoms with Crippen LogP contribution in [0.5, 0.6) is 17.2 Å². The second kappa shape index (κ2) is 25.3. The van der Waals surface area contributed by atoms with E-state index in [2.05, 4.69) is 49.9 Å². The normalized spacial score (nSPS) is 22.0. The van der Waals surface area contributed by atoms with Crippen LogP contribution in [0.2, 0.25) is 0 Å². The molecule has 6 unspecified atom stereocenters. The molecular formula is C57H73N3O9. The topological polar surface area (TPSA) is 153 Å². The van der Waals surface area contributed by atoms with Crippen LogP contribution in [0.4, 0.5) is 5.69 Å². The van der Waals surface area contributed by atoms with E-state index in [-0.39, 0.29) is 49.2 Å². The molecule has 1 saturated carbocycles. The number of aliphatic hydroxyl groups excluding tert-OH is 2. The smallest absolute Gasteiger partial charge is 0.273 e. The number of rotatable bonds is 28. The van der Waals surface area contributed by atoms with Crippen LogP contribution in [0.25, 0.3) is 10.8 Å². The largest absolute Gasteiger partial charge is 0.459 e. The average Bonchev–Trinajstić information content (AvgIpc) is 3.36. The SMILES string of the molecule is C=CCOC12Oc3ccc(Oc4cccc([N+](=O)[O-])c4)cc3C3C(CCCCO)C(CCCCO)C=C(C(=NOC)CC1N(Cc1cccc4ccccc14)C(=O)CCCCCCCCCCC)C32. The minimum atomic E-state index is -1.42. The van der Waals surface area contributed by atoms with E-state index < -0.39 is 22.7 Å². The van der Waals surface area contributed by atoms with Crippen LogP contribution < -0.4 is 9.47 Å². The van der Waals surface area contributed by atoms with Gasteiger partial charge in [-0.2, -0.15) is 0 Å². The van der Waals surface area contributed by atoms with Crippen molar-refractivity contribution in [2.75, 3.05) is 26.9 Å². The molecule has 1 amide bonds. The summed E-state index contributed by atoms with van der Waals surface area (Å²) >= 11 is 0. The molecule has 3 aliphatic rings. The van der Waals surface area contributed by atoms with Crippen molar-refractivity contribution in [3.05, 3.63) is 130 Å². The van der Waals surface area contributed by atoms with E-state index in [0.717, 1.165) is 78.1 Å². The van der Waals surface area contributed by atoms with Crippen molar-refractivity contribution in [2.45, 2.75) is 140 Å². The van der Waals surface area contributed by atoms with Gasteiger partial charge in [0, 0.05) is 50.1 Å². The molecule has 2 N–H and O–H groups in total. The Morgan fingerprint density at radius 1 is 0.884 bits per heavy atom. The number of nitro groups is 1. The second-order valence-corrected chi connectivity index (χ2v) is 19.1. The molecule has 69 heavy (non-hydrogen) atoms. The van der Waals surface area contributed by atoms with Crippen LogP contribution in [0.15, 0.2) is 114 Å². The molecule has 370 valence electrons. The number of nitro benzene ring substituents is 1. The number of aliphatic hydroxyl groups is 2. The van der Waals surface area contributed by atoms with Gasteiger partial charge in [0.05, 0.1) is 29.2 Å². The zero-order valence-corrected chi connectivity index (χ0v) is 40.8. The van der Waals surface area contributed by atoms with E-state index >= 15 is 4.79 Å². The monoisotopic (exact) mass is 944 g/mol. The van der Waals surface area contributed by atoms with E-state index in [1.807, 2.05) is 35.2 Å². The Hall–Kier alpha value is -5.56. The zero-order valence-electron chi connectivity index (χ0n) is 40.8. The second-order valence-electron chi connectivity index (χ2n) is 19.1. The van der Waals surface area contributed by atoms with Crippen molar-refractivity contribution >= 4 is 28.1 Å². The summed E-state index contributed by atoms with van der Waals surface area (Å²) in [6, 6.07) is 25.7. The Balaban J connectivity index is 1.37. The fourth-order valence-electron chi connectivity index (χ4n) is 11.3. The summed E-state index contributed by atoms with van der Waals surface area (Å²) in [4.78, 5) is 34.4. The van der Waals surface area contributed by atoms with Gasteiger partial charge in [-0.05, 0) is 90.1 Å². The predicted octanol–water partition coefficient (Wildman–Crippen LogP) is 12.8. The number of ether oxygens (including phenoxy) is 3. The first kappa shape index (κ1) is 51.3. The van der Waals surface area contributed by atoms with Gasteiger partial charge in [0.15, 0.2) is 0 Å². The third-order valence-electron chi connectivity index (χ3n) is 14.5. The van der Waals surface area contributed by atoms with Crippen LogP contribution >= 0.6 is 0 Å². The summed E-state index contributed by atoms with van der Waals surface area (Å²) in [6.45, 7) is 6.96. The first-order chi connectivity index (χ1) is 33.8. The maximum Gasteiger partial charge on any atom is 0.273 e. The summed E-state index contributed by atoms with van der Waals surface area (Å²) in [5.74, 6) is -0.669. The van der Waals surface area contributed by atoms with E-state index in [0.29, 0.717) is 49.5 Å². The molecule has 1 heterocycles. The molecular weight excluding hydrogens is 871 g/mol. The third-order valence-corrected chi connectivity index (χ3v) is 14.5. The standard InChI is InChI=1S/C57H73N3O9/c1-4-6-7-8-9-10-11-12-13-30-54(63)59(40-43-25-20-24-41-22-14-15-28-47(41)43)53-39-51(58-66-3)49-36-42(23-16-18-33-61)48(29-17-19-34-62)55-50-38-46(68-45-27-21-26-44(37-45)60(64)65)31-32-52(50)69-57(53,56(49)55)67-35-5-2/h5,14-15,20-22,24-28,31-32,36-38,42,48,53,55-56,61-62H,2,4,6-13,16-19,23,29-30,33-35,39-40H2,1,3H3. The van der Waals surface area contributed by atoms with E-state index in [1.165, 1.54) is 50.7 Å². The van der Waals surface area contributed by atoms with Gasteiger partial charge in [-0.3, -0.25) is 14.9 Å². The number of fused-ring (bicyclic) bond motifs is 3. The van der Waals surface area contributed by atoms with Crippen molar-refractivity contribution in [1.29, 1.82) is 0 Å². The Bertz CT molecular complexity index is 2390. The van der Waals surface area contributed by atoms with Gasteiger partial charge in [-0.25, -0.2) is 0 Å². The number of nitrogens with zero attached hydrogens (tertiary/aromatic N) is 3. The van der Waals surface area contributed by atoms with Crippen LogP contribution in [-0.2, 0) is 20.9 Å². The third kappa shape index (κ3) is 12.3. The summed E-state index contributed by atoms with van der Waals surface area (Å²) < 4.78 is 21.1. The van der Waals surface area contributed by atoms with Gasteiger partial charge in [-0.15, -0.1) is 6.58 Å². The maximum atomic E-state index is 15.4. The van der Waals surface area contributed by atoms with Gasteiger partial charge in [0.1, 0.15) is 30.4 Å². The highest BCUT2D eigenvalue weighted by Crippen LogP contribution is 2.62. The average molecular weight is 944 g/mol. The highest BCUT2D eigenvalue weighted by atomic mass is 16.7. The number of carbonyl (C=O) groups excluding carboxylic acids is 1. The number of non-ortho nitro benzene ring substituents is 1. The highest BCUT2D eigenvalue weighted by Gasteiger charge is 2.65. The molecule has 0 saturated heterocycles. The molecule has 0 bridgehead atoms. The van der Waals surface area contributed by atoms with Crippen molar-refractivity contribution in [3.63, 3.8) is 0 Å². The lowest BCUT2D eigenvalue weighted by atomic mass is 9.55. The van der Waals surface area contributed by atoms with E-state index in [1.54, 1.807) is 25.3 Å². The van der Waals surface area contributed by atoms with Crippen LogP contribution in [0, 0.1) is 27.9 Å². The molecule has 0 aromatic heterocycles. The summed E-state index contributed by atoms with van der Waals surface area (Å²) in [5, 5.41) is 38.7. The lowest BCUT2D eigenvalue weighted by Gasteiger charge is -2.60. The molecule has 6 atom stereocenters. The summed E-state index contributed by atoms with van der Waals surface area (Å²) in [7, 11) is 1.56. The van der Waals surface area contributed by atoms with Crippen molar-refractivity contribution < 1.29 is 39.0 Å². The minimum Gasteiger partial charge on any atom is -0.459 e. The molecule has 2 aliphatic carbocycles. The predicted molar refractivity (Wildman–Crippen MR) is 271 cm³/mol. The fourth-order valence-corrected chi connectivity index (χ4v) is 11.3. The first-order valence-corrected chi connectivity index (χ1v) is 25.6. The van der Waals surface area contributed by atoms with Crippen LogP contribution in [-0.4, -0.2) is 70.4 Å². The van der Waals surface area contributed by atoms with E-state index in [9.17, 15) is 20.3 Å². The minimum absolute atomic E-state index is 0.0122. The summed E-state index contributed by atoms with van der Waals surface area (Å²) in [5.41, 5.74) is 3.51. The Kier molecular flexibility index (Phi) is 18.8. The number of unbranched alkanes of at least 4 members (excludes halogenated alkanes) is 10. The molecule has 4 aromatic rings. The molecule has 12 nitrogen and oxygen atoms in total. The van der Waals surface area contributed by atoms with E-state index in [4.69, 9.17) is 24.2 Å². The van der Waals surface area contributed by atoms with Gasteiger partial charge in [-0.1, -0.05) is 137 Å². The number of hydrogen-bond acceptors (Lipinski definition) is 10. The lowest BCUT2D eigenvalue weighted by Crippen LogP contribution is -2.70. The quantitative estimate of drug-likeness (QED) is 0.0245. The molecule has 1 aliphatic heterocycles. The molecule has 1 fully saturated rings. The maximum absolute atomic E-state index is 15.4. The van der Waals surface area contributed by atoms with Crippen molar-refractivity contribution in [1.82, 2.24) is 4.90 Å². The van der Waals surface area contributed by atoms with Crippen molar-refractivity contribution in [2.24, 2.45) is 22.9 Å². The van der Waals surface area contributed by atoms with Crippen molar-refractivity contribution in [3.8, 4) is 17.2 Å². The Morgan fingerprint density at radius 3 is 2.33 bits per heavy atom. The number of carbonyl (C=O) groups is 1. The summed E-state index contributed by atoms with van der Waals surface area (Å²) in [6.07, 6.45) is 19.4. The fraction of sp³-hybridized carbons (Fsp3) is 0.509. The zero-order chi connectivity index (χ0) is 48.6. The molecule has 12 heteroatoms. The van der Waals surface area contributed by atoms with Crippen LogP contribution in [0.1, 0.15) is 133 Å². The number of benzene rings is 4. The van der Waals surface area contributed by atoms with Gasteiger partial charge < -0.3 is 34.2 Å². The molecule has 4 aromatic carbocycles. The molecule has 0 spiro atoms. The lowest BCUT2D eigenvalue weighted by molar-refractivity contribution is -0.384. The number of allylic oxidation sites excluding steroid dienone is 1. The van der Waals surface area contributed by atoms with Gasteiger partial charge >= 0.3 is 0 Å². The van der Waals surface area contributed by atoms with Gasteiger partial charge in [0.2, 0.25) is 11.7 Å². The van der Waals surface area contributed by atoms with Gasteiger partial charge in [0.25, 0.3) is 5.69 Å². The first-order valence-electron chi connectivity index (χ1n) is 25.6. The molecule has 7 rings (SSSR count). The Labute approximate surface area is 408 Å². The van der Waals surface area contributed by atoms with Crippen LogP contribution in [0.3, 0.4) is 0 Å².